The van der Waals surface area contributed by atoms with Gasteiger partial charge >= 0.3 is 5.97 Å². The predicted octanol–water partition coefficient (Wildman–Crippen LogP) is 4.28. The van der Waals surface area contributed by atoms with Crippen LogP contribution in [-0.2, 0) is 16.0 Å². The molecular formula is C18H20O2. The lowest BCUT2D eigenvalue weighted by Crippen LogP contribution is -2.06. The predicted molar refractivity (Wildman–Crippen MR) is 82.7 cm³/mol. The van der Waals surface area contributed by atoms with Gasteiger partial charge in [-0.2, -0.15) is 0 Å². The summed E-state index contributed by atoms with van der Waals surface area (Å²) in [5, 5.41) is 2.55. The van der Waals surface area contributed by atoms with Gasteiger partial charge in [-0.15, -0.1) is 0 Å². The summed E-state index contributed by atoms with van der Waals surface area (Å²) in [5.41, 5.74) is 1.79. The van der Waals surface area contributed by atoms with E-state index in [0.717, 1.165) is 19.3 Å². The zero-order valence-electron chi connectivity index (χ0n) is 11.9. The van der Waals surface area contributed by atoms with Gasteiger partial charge in [0.2, 0.25) is 0 Å². The number of carbonyl (C=O) groups excluding carboxylic acids is 1. The van der Waals surface area contributed by atoms with E-state index in [4.69, 9.17) is 4.74 Å². The standard InChI is InChI=1S/C18H20O2/c1-14(2)18(19)20-12-6-5-7-15-10-11-16-8-3-4-9-17(16)13-15/h3-4,8-11,13H,1,5-7,12H2,2H3. The Morgan fingerprint density at radius 3 is 2.60 bits per heavy atom. The Kier molecular flexibility index (Phi) is 4.94. The van der Waals surface area contributed by atoms with Gasteiger partial charge in [-0.25, -0.2) is 4.79 Å². The first-order valence-corrected chi connectivity index (χ1v) is 6.97. The Hall–Kier alpha value is -2.09. The summed E-state index contributed by atoms with van der Waals surface area (Å²) in [7, 11) is 0. The monoisotopic (exact) mass is 268 g/mol. The Balaban J connectivity index is 1.78. The first-order valence-electron chi connectivity index (χ1n) is 6.97. The van der Waals surface area contributed by atoms with Crippen LogP contribution in [0.2, 0.25) is 0 Å². The molecular weight excluding hydrogens is 248 g/mol. The lowest BCUT2D eigenvalue weighted by molar-refractivity contribution is -0.139. The molecule has 0 aliphatic carbocycles. The van der Waals surface area contributed by atoms with Gasteiger partial charge < -0.3 is 4.74 Å². The van der Waals surface area contributed by atoms with E-state index in [9.17, 15) is 4.79 Å². The minimum Gasteiger partial charge on any atom is -0.462 e. The Morgan fingerprint density at radius 1 is 1.10 bits per heavy atom. The molecule has 0 atom stereocenters. The zero-order chi connectivity index (χ0) is 14.4. The molecule has 0 spiro atoms. The average molecular weight is 268 g/mol. The summed E-state index contributed by atoms with van der Waals surface area (Å²) in [6, 6.07) is 14.9. The Labute approximate surface area is 120 Å². The maximum absolute atomic E-state index is 11.2. The second-order valence-electron chi connectivity index (χ2n) is 5.05. The number of hydrogen-bond donors (Lipinski definition) is 0. The van der Waals surface area contributed by atoms with Crippen molar-refractivity contribution in [2.24, 2.45) is 0 Å². The van der Waals surface area contributed by atoms with Gasteiger partial charge in [0, 0.05) is 5.57 Å². The number of ether oxygens (including phenoxy) is 1. The number of fused-ring (bicyclic) bond motifs is 1. The van der Waals surface area contributed by atoms with Gasteiger partial charge in [0.05, 0.1) is 6.61 Å². The SMILES string of the molecule is C=C(C)C(=O)OCCCCc1ccc2ccccc2c1. The van der Waals surface area contributed by atoms with Gasteiger partial charge in [0.15, 0.2) is 0 Å². The van der Waals surface area contributed by atoms with Crippen LogP contribution >= 0.6 is 0 Å². The minimum absolute atomic E-state index is 0.296. The van der Waals surface area contributed by atoms with Crippen LogP contribution in [0, 0.1) is 0 Å². The molecule has 0 unspecified atom stereocenters. The summed E-state index contributed by atoms with van der Waals surface area (Å²) >= 11 is 0. The molecule has 0 saturated carbocycles. The molecule has 0 amide bonds. The van der Waals surface area contributed by atoms with Crippen molar-refractivity contribution in [2.45, 2.75) is 26.2 Å². The van der Waals surface area contributed by atoms with Crippen molar-refractivity contribution >= 4 is 16.7 Å². The molecule has 2 aromatic rings. The fraction of sp³-hybridized carbons (Fsp3) is 0.278. The molecule has 20 heavy (non-hydrogen) atoms. The van der Waals surface area contributed by atoms with E-state index in [-0.39, 0.29) is 5.97 Å². The Bertz CT molecular complexity index is 614. The van der Waals surface area contributed by atoms with Crippen LogP contribution in [0.25, 0.3) is 10.8 Å². The van der Waals surface area contributed by atoms with Crippen molar-refractivity contribution in [3.05, 3.63) is 60.2 Å². The first kappa shape index (κ1) is 14.3. The van der Waals surface area contributed by atoms with Crippen molar-refractivity contribution in [1.29, 1.82) is 0 Å². The molecule has 0 aliphatic rings. The largest absolute Gasteiger partial charge is 0.462 e. The van der Waals surface area contributed by atoms with Crippen molar-refractivity contribution in [1.82, 2.24) is 0 Å². The molecule has 0 aromatic heterocycles. The lowest BCUT2D eigenvalue weighted by Gasteiger charge is -2.05. The molecule has 0 fully saturated rings. The van der Waals surface area contributed by atoms with E-state index in [1.165, 1.54) is 16.3 Å². The maximum atomic E-state index is 11.2. The van der Waals surface area contributed by atoms with Crippen LogP contribution in [0.4, 0.5) is 0 Å². The van der Waals surface area contributed by atoms with E-state index in [1.54, 1.807) is 6.92 Å². The number of aryl methyl sites for hydroxylation is 1. The normalized spacial score (nSPS) is 10.4. The fourth-order valence-corrected chi connectivity index (χ4v) is 2.11. The van der Waals surface area contributed by atoms with E-state index >= 15 is 0 Å². The molecule has 0 heterocycles. The third kappa shape index (κ3) is 3.95. The molecule has 0 N–H and O–H groups in total. The van der Waals surface area contributed by atoms with Crippen LogP contribution in [-0.4, -0.2) is 12.6 Å². The van der Waals surface area contributed by atoms with Crippen LogP contribution in [0.5, 0.6) is 0 Å². The van der Waals surface area contributed by atoms with Crippen LogP contribution in [0.15, 0.2) is 54.6 Å². The number of esters is 1. The molecule has 2 nitrogen and oxygen atoms in total. The van der Waals surface area contributed by atoms with E-state index in [2.05, 4.69) is 49.0 Å². The van der Waals surface area contributed by atoms with Crippen molar-refractivity contribution in [3.63, 3.8) is 0 Å². The van der Waals surface area contributed by atoms with Gasteiger partial charge in [-0.05, 0) is 42.5 Å². The summed E-state index contributed by atoms with van der Waals surface area (Å²) in [6.07, 6.45) is 2.91. The number of unbranched alkanes of at least 4 members (excludes halogenated alkanes) is 1. The highest BCUT2D eigenvalue weighted by Gasteiger charge is 2.02. The van der Waals surface area contributed by atoms with Crippen molar-refractivity contribution in [2.75, 3.05) is 6.61 Å². The topological polar surface area (TPSA) is 26.3 Å². The molecule has 2 rings (SSSR count). The maximum Gasteiger partial charge on any atom is 0.333 e. The van der Waals surface area contributed by atoms with E-state index in [0.29, 0.717) is 12.2 Å². The number of rotatable bonds is 6. The first-order chi connectivity index (χ1) is 9.66. The van der Waals surface area contributed by atoms with Gasteiger partial charge in [0.1, 0.15) is 0 Å². The summed E-state index contributed by atoms with van der Waals surface area (Å²) in [4.78, 5) is 11.2. The van der Waals surface area contributed by atoms with Crippen LogP contribution < -0.4 is 0 Å². The summed E-state index contributed by atoms with van der Waals surface area (Å²) in [5.74, 6) is -0.296. The highest BCUT2D eigenvalue weighted by Crippen LogP contribution is 2.17. The highest BCUT2D eigenvalue weighted by atomic mass is 16.5. The lowest BCUT2D eigenvalue weighted by atomic mass is 10.0. The third-order valence-corrected chi connectivity index (χ3v) is 3.26. The third-order valence-electron chi connectivity index (χ3n) is 3.26. The second kappa shape index (κ2) is 6.90. The quantitative estimate of drug-likeness (QED) is 0.444. The van der Waals surface area contributed by atoms with Gasteiger partial charge in [-0.1, -0.05) is 49.0 Å². The smallest absolute Gasteiger partial charge is 0.333 e. The summed E-state index contributed by atoms with van der Waals surface area (Å²) in [6.45, 7) is 5.69. The molecule has 104 valence electrons. The van der Waals surface area contributed by atoms with Gasteiger partial charge in [0.25, 0.3) is 0 Å². The molecule has 2 heteroatoms. The van der Waals surface area contributed by atoms with Gasteiger partial charge in [-0.3, -0.25) is 0 Å². The van der Waals surface area contributed by atoms with Crippen LogP contribution in [0.1, 0.15) is 25.3 Å². The fourth-order valence-electron chi connectivity index (χ4n) is 2.11. The molecule has 2 aromatic carbocycles. The van der Waals surface area contributed by atoms with E-state index < -0.39 is 0 Å². The summed E-state index contributed by atoms with van der Waals surface area (Å²) < 4.78 is 5.07. The molecule has 0 radical (unpaired) electrons. The van der Waals surface area contributed by atoms with Crippen molar-refractivity contribution in [3.8, 4) is 0 Å². The average Bonchev–Trinajstić information content (AvgIpc) is 2.46. The van der Waals surface area contributed by atoms with Crippen LogP contribution in [0.3, 0.4) is 0 Å². The molecule has 0 bridgehead atoms. The number of carbonyl (C=O) groups is 1. The number of hydrogen-bond acceptors (Lipinski definition) is 2. The highest BCUT2D eigenvalue weighted by molar-refractivity contribution is 5.86. The Morgan fingerprint density at radius 2 is 1.85 bits per heavy atom. The van der Waals surface area contributed by atoms with E-state index in [1.807, 2.05) is 0 Å². The van der Waals surface area contributed by atoms with Crippen molar-refractivity contribution < 1.29 is 9.53 Å². The second-order valence-corrected chi connectivity index (χ2v) is 5.05. The molecule has 0 saturated heterocycles. The number of benzene rings is 2. The minimum atomic E-state index is -0.296. The zero-order valence-corrected chi connectivity index (χ0v) is 11.9. The molecule has 0 aliphatic heterocycles.